The lowest BCUT2D eigenvalue weighted by atomic mass is 10.1. The first kappa shape index (κ1) is 19.0. The molecule has 0 bridgehead atoms. The second-order valence-electron chi connectivity index (χ2n) is 5.75. The van der Waals surface area contributed by atoms with Gasteiger partial charge in [-0.05, 0) is 48.7 Å². The van der Waals surface area contributed by atoms with Crippen LogP contribution in [0.5, 0.6) is 5.75 Å². The van der Waals surface area contributed by atoms with Gasteiger partial charge in [0.1, 0.15) is 5.75 Å². The molecule has 0 radical (unpaired) electrons. The molecule has 0 aliphatic carbocycles. The maximum absolute atomic E-state index is 12.0. The molecule has 2 aromatic rings. The van der Waals surface area contributed by atoms with Gasteiger partial charge in [-0.2, -0.15) is 0 Å². The van der Waals surface area contributed by atoms with Crippen molar-refractivity contribution in [3.05, 3.63) is 54.1 Å². The summed E-state index contributed by atoms with van der Waals surface area (Å²) in [6.07, 6.45) is 2.97. The lowest BCUT2D eigenvalue weighted by Crippen LogP contribution is -2.14. The normalized spacial score (nSPS) is 11.1. The minimum absolute atomic E-state index is 0.0445. The summed E-state index contributed by atoms with van der Waals surface area (Å²) in [6.45, 7) is 2.44. The van der Waals surface area contributed by atoms with Gasteiger partial charge in [0, 0.05) is 18.4 Å². The molecule has 2 rings (SSSR count). The number of carbonyl (C=O) groups is 1. The molecule has 0 fully saturated rings. The third-order valence-corrected chi connectivity index (χ3v) is 4.87. The molecule has 0 spiro atoms. The Balaban J connectivity index is 1.76. The zero-order valence-corrected chi connectivity index (χ0v) is 15.3. The molecule has 0 aromatic heterocycles. The average Bonchev–Trinajstić information content (AvgIpc) is 2.59. The van der Waals surface area contributed by atoms with E-state index in [1.54, 1.807) is 12.1 Å². The lowest BCUT2D eigenvalue weighted by Gasteiger charge is -2.10. The van der Waals surface area contributed by atoms with Crippen LogP contribution in [-0.4, -0.2) is 27.2 Å². The van der Waals surface area contributed by atoms with Gasteiger partial charge in [0.25, 0.3) is 0 Å². The zero-order valence-electron chi connectivity index (χ0n) is 14.5. The first-order valence-electron chi connectivity index (χ1n) is 8.21. The van der Waals surface area contributed by atoms with Gasteiger partial charge in [-0.1, -0.05) is 25.1 Å². The first-order chi connectivity index (χ1) is 11.9. The van der Waals surface area contributed by atoms with E-state index < -0.39 is 9.84 Å². The highest BCUT2D eigenvalue weighted by Gasteiger charge is 2.07. The van der Waals surface area contributed by atoms with Crippen LogP contribution in [0.2, 0.25) is 0 Å². The van der Waals surface area contributed by atoms with Gasteiger partial charge < -0.3 is 10.1 Å². The van der Waals surface area contributed by atoms with Crippen LogP contribution >= 0.6 is 0 Å². The number of carbonyl (C=O) groups excluding carboxylic acids is 1. The van der Waals surface area contributed by atoms with Crippen molar-refractivity contribution in [3.63, 3.8) is 0 Å². The van der Waals surface area contributed by atoms with Crippen molar-refractivity contribution in [2.24, 2.45) is 0 Å². The highest BCUT2D eigenvalue weighted by molar-refractivity contribution is 7.90. The van der Waals surface area contributed by atoms with Gasteiger partial charge >= 0.3 is 0 Å². The summed E-state index contributed by atoms with van der Waals surface area (Å²) in [7, 11) is -3.20. The third kappa shape index (κ3) is 5.90. The van der Waals surface area contributed by atoms with Crippen LogP contribution in [0.1, 0.15) is 25.3 Å². The van der Waals surface area contributed by atoms with Crippen LogP contribution in [0, 0.1) is 0 Å². The van der Waals surface area contributed by atoms with E-state index in [1.807, 2.05) is 31.2 Å². The number of amides is 1. The summed E-state index contributed by atoms with van der Waals surface area (Å²) in [4.78, 5) is 12.3. The van der Waals surface area contributed by atoms with Crippen LogP contribution in [0.25, 0.3) is 0 Å². The lowest BCUT2D eigenvalue weighted by molar-refractivity contribution is -0.116. The maximum Gasteiger partial charge on any atom is 0.224 e. The monoisotopic (exact) mass is 361 g/mol. The molecule has 134 valence electrons. The highest BCUT2D eigenvalue weighted by atomic mass is 32.2. The Bertz CT molecular complexity index is 814. The summed E-state index contributed by atoms with van der Waals surface area (Å²) in [5.74, 6) is 0.543. The van der Waals surface area contributed by atoms with Gasteiger partial charge in [0.2, 0.25) is 5.91 Å². The smallest absolute Gasteiger partial charge is 0.224 e. The largest absolute Gasteiger partial charge is 0.494 e. The molecule has 0 unspecified atom stereocenters. The van der Waals surface area contributed by atoms with E-state index in [9.17, 15) is 13.2 Å². The Kier molecular flexibility index (Phi) is 6.58. The average molecular weight is 361 g/mol. The predicted octanol–water partition coefficient (Wildman–Crippen LogP) is 3.45. The Morgan fingerprint density at radius 2 is 1.76 bits per heavy atom. The maximum atomic E-state index is 12.0. The summed E-state index contributed by atoms with van der Waals surface area (Å²) in [5, 5.41) is 2.92. The van der Waals surface area contributed by atoms with Crippen LogP contribution < -0.4 is 10.1 Å². The van der Waals surface area contributed by atoms with Crippen molar-refractivity contribution >= 4 is 21.4 Å². The van der Waals surface area contributed by atoms with Gasteiger partial charge in [-0.3, -0.25) is 4.79 Å². The number of anilines is 1. The number of hydrogen-bond donors (Lipinski definition) is 1. The van der Waals surface area contributed by atoms with Crippen molar-refractivity contribution in [2.45, 2.75) is 31.1 Å². The van der Waals surface area contributed by atoms with Gasteiger partial charge in [-0.25, -0.2) is 8.42 Å². The van der Waals surface area contributed by atoms with Crippen molar-refractivity contribution in [1.29, 1.82) is 0 Å². The first-order valence-corrected chi connectivity index (χ1v) is 10.1. The molecule has 0 aliphatic heterocycles. The molecule has 0 atom stereocenters. The number of aryl methyl sites for hydroxylation is 1. The SMILES string of the molecule is CCc1ccccc1NC(=O)CCCOc1ccc(S(C)(=O)=O)cc1. The van der Waals surface area contributed by atoms with E-state index in [0.717, 1.165) is 23.9 Å². The second kappa shape index (κ2) is 8.67. The Labute approximate surface area is 148 Å². The molecule has 25 heavy (non-hydrogen) atoms. The second-order valence-corrected chi connectivity index (χ2v) is 7.77. The van der Waals surface area contributed by atoms with E-state index in [-0.39, 0.29) is 10.8 Å². The Morgan fingerprint density at radius 1 is 1.08 bits per heavy atom. The number of sulfone groups is 1. The number of benzene rings is 2. The number of rotatable bonds is 8. The number of ether oxygens (including phenoxy) is 1. The van der Waals surface area contributed by atoms with Crippen molar-refractivity contribution in [2.75, 3.05) is 18.2 Å². The van der Waals surface area contributed by atoms with E-state index in [4.69, 9.17) is 4.74 Å². The van der Waals surface area contributed by atoms with Gasteiger partial charge in [-0.15, -0.1) is 0 Å². The molecule has 0 heterocycles. The molecular formula is C19H23NO4S. The third-order valence-electron chi connectivity index (χ3n) is 3.74. The Morgan fingerprint density at radius 3 is 2.40 bits per heavy atom. The van der Waals surface area contributed by atoms with Crippen molar-refractivity contribution < 1.29 is 17.9 Å². The minimum atomic E-state index is -3.20. The fourth-order valence-corrected chi connectivity index (χ4v) is 3.00. The number of para-hydroxylation sites is 1. The fourth-order valence-electron chi connectivity index (χ4n) is 2.37. The zero-order chi connectivity index (χ0) is 18.3. The van der Waals surface area contributed by atoms with Crippen LogP contribution in [-0.2, 0) is 21.1 Å². The number of hydrogen-bond acceptors (Lipinski definition) is 4. The Hall–Kier alpha value is -2.34. The van der Waals surface area contributed by atoms with Crippen LogP contribution in [0.3, 0.4) is 0 Å². The molecular weight excluding hydrogens is 338 g/mol. The highest BCUT2D eigenvalue weighted by Crippen LogP contribution is 2.17. The van der Waals surface area contributed by atoms with Crippen LogP contribution in [0.15, 0.2) is 53.4 Å². The standard InChI is InChI=1S/C19H23NO4S/c1-3-15-7-4-5-8-18(15)20-19(21)9-6-14-24-16-10-12-17(13-11-16)25(2,22)23/h4-5,7-8,10-13H,3,6,9,14H2,1-2H3,(H,20,21). The summed E-state index contributed by atoms with van der Waals surface area (Å²) >= 11 is 0. The van der Waals surface area contributed by atoms with E-state index in [1.165, 1.54) is 12.1 Å². The van der Waals surface area contributed by atoms with Gasteiger partial charge in [0.15, 0.2) is 9.84 Å². The molecule has 0 saturated carbocycles. The molecule has 1 amide bonds. The fraction of sp³-hybridized carbons (Fsp3) is 0.316. The van der Waals surface area contributed by atoms with Crippen molar-refractivity contribution in [3.8, 4) is 5.75 Å². The minimum Gasteiger partial charge on any atom is -0.494 e. The molecule has 5 nitrogen and oxygen atoms in total. The van der Waals surface area contributed by atoms with E-state index in [2.05, 4.69) is 5.32 Å². The molecule has 0 aliphatic rings. The topological polar surface area (TPSA) is 72.5 Å². The quantitative estimate of drug-likeness (QED) is 0.731. The summed E-state index contributed by atoms with van der Waals surface area (Å²) in [6, 6.07) is 14.0. The predicted molar refractivity (Wildman–Crippen MR) is 98.7 cm³/mol. The molecule has 0 saturated heterocycles. The molecule has 1 N–H and O–H groups in total. The van der Waals surface area contributed by atoms with Gasteiger partial charge in [0.05, 0.1) is 11.5 Å². The van der Waals surface area contributed by atoms with Crippen LogP contribution in [0.4, 0.5) is 5.69 Å². The van der Waals surface area contributed by atoms with E-state index in [0.29, 0.717) is 25.2 Å². The van der Waals surface area contributed by atoms with E-state index >= 15 is 0 Å². The summed E-state index contributed by atoms with van der Waals surface area (Å²) in [5.41, 5.74) is 1.96. The number of nitrogens with one attached hydrogen (secondary N) is 1. The summed E-state index contributed by atoms with van der Waals surface area (Å²) < 4.78 is 28.3. The molecule has 2 aromatic carbocycles. The van der Waals surface area contributed by atoms with Crippen molar-refractivity contribution in [1.82, 2.24) is 0 Å². The molecule has 6 heteroatoms.